The van der Waals surface area contributed by atoms with Crippen molar-refractivity contribution in [3.05, 3.63) is 108 Å². The van der Waals surface area contributed by atoms with Crippen molar-refractivity contribution in [2.75, 3.05) is 20.2 Å². The van der Waals surface area contributed by atoms with Gasteiger partial charge in [-0.2, -0.15) is 0 Å². The van der Waals surface area contributed by atoms with E-state index in [4.69, 9.17) is 4.74 Å². The molecule has 3 amide bonds. The van der Waals surface area contributed by atoms with E-state index in [-0.39, 0.29) is 18.5 Å². The number of aromatic nitrogens is 1. The Morgan fingerprint density at radius 1 is 0.821 bits per heavy atom. The van der Waals surface area contributed by atoms with E-state index < -0.39 is 5.54 Å². The number of hydrogen-bond donors (Lipinski definition) is 0. The molecule has 2 aliphatic heterocycles. The minimum Gasteiger partial charge on any atom is -0.497 e. The molecule has 2 aliphatic rings. The van der Waals surface area contributed by atoms with Gasteiger partial charge in [-0.15, -0.1) is 0 Å². The largest absolute Gasteiger partial charge is 0.497 e. The van der Waals surface area contributed by atoms with E-state index >= 15 is 0 Å². The summed E-state index contributed by atoms with van der Waals surface area (Å²) < 4.78 is 5.36. The van der Waals surface area contributed by atoms with Crippen molar-refractivity contribution in [2.45, 2.75) is 38.0 Å². The van der Waals surface area contributed by atoms with Gasteiger partial charge in [-0.1, -0.05) is 54.6 Å². The molecule has 7 nitrogen and oxygen atoms in total. The topological polar surface area (TPSA) is 66.0 Å². The molecular weight excluding hydrogens is 488 g/mol. The Balaban J connectivity index is 1.25. The van der Waals surface area contributed by atoms with Gasteiger partial charge < -0.3 is 9.64 Å². The normalized spacial score (nSPS) is 17.4. The van der Waals surface area contributed by atoms with Gasteiger partial charge in [-0.25, -0.2) is 4.79 Å². The van der Waals surface area contributed by atoms with E-state index in [9.17, 15) is 9.59 Å². The second-order valence-corrected chi connectivity index (χ2v) is 10.4. The van der Waals surface area contributed by atoms with E-state index in [0.29, 0.717) is 25.1 Å². The van der Waals surface area contributed by atoms with E-state index in [2.05, 4.69) is 52.3 Å². The number of rotatable bonds is 7. The molecule has 1 spiro atoms. The molecule has 0 aliphatic carbocycles. The fourth-order valence-electron chi connectivity index (χ4n) is 6.00. The van der Waals surface area contributed by atoms with Crippen molar-refractivity contribution < 1.29 is 14.3 Å². The van der Waals surface area contributed by atoms with Gasteiger partial charge in [0.15, 0.2) is 0 Å². The number of hydrogen-bond acceptors (Lipinski definition) is 5. The fourth-order valence-corrected chi connectivity index (χ4v) is 6.00. The van der Waals surface area contributed by atoms with Gasteiger partial charge >= 0.3 is 6.03 Å². The molecule has 39 heavy (non-hydrogen) atoms. The average Bonchev–Trinajstić information content (AvgIpc) is 3.16. The number of nitrogens with zero attached hydrogens (tertiary/aromatic N) is 4. The van der Waals surface area contributed by atoms with Gasteiger partial charge in [0.25, 0.3) is 5.91 Å². The van der Waals surface area contributed by atoms with Crippen LogP contribution in [0.2, 0.25) is 0 Å². The van der Waals surface area contributed by atoms with Crippen LogP contribution in [0.25, 0.3) is 10.8 Å². The Morgan fingerprint density at radius 3 is 2.36 bits per heavy atom. The van der Waals surface area contributed by atoms with Crippen molar-refractivity contribution in [3.8, 4) is 5.75 Å². The van der Waals surface area contributed by atoms with E-state index in [1.165, 1.54) is 21.2 Å². The first-order valence-corrected chi connectivity index (χ1v) is 13.4. The molecule has 6 rings (SSSR count). The summed E-state index contributed by atoms with van der Waals surface area (Å²) in [7, 11) is 1.61. The zero-order valence-corrected chi connectivity index (χ0v) is 22.1. The number of likely N-dealkylation sites (tertiary alicyclic amines) is 1. The molecule has 3 aromatic carbocycles. The van der Waals surface area contributed by atoms with Crippen LogP contribution in [0.15, 0.2) is 91.3 Å². The molecule has 198 valence electrons. The number of amides is 3. The highest BCUT2D eigenvalue weighted by atomic mass is 16.5. The predicted octanol–water partition coefficient (Wildman–Crippen LogP) is 5.24. The SMILES string of the molecule is COc1cccc(CN2C(=O)N(Cc3ccncc3)C3(CCN(Cc4cccc5ccccc45)CC3)C2=O)c1. The summed E-state index contributed by atoms with van der Waals surface area (Å²) in [5.41, 5.74) is 2.26. The first-order chi connectivity index (χ1) is 19.1. The lowest BCUT2D eigenvalue weighted by atomic mass is 9.85. The summed E-state index contributed by atoms with van der Waals surface area (Å²) in [5.74, 6) is 0.603. The molecule has 0 saturated carbocycles. The predicted molar refractivity (Wildman–Crippen MR) is 150 cm³/mol. The highest BCUT2D eigenvalue weighted by Crippen LogP contribution is 2.39. The zero-order chi connectivity index (χ0) is 26.8. The average molecular weight is 521 g/mol. The number of carbonyl (C=O) groups excluding carboxylic acids is 2. The molecule has 1 aromatic heterocycles. The Hall–Kier alpha value is -4.23. The Labute approximate surface area is 228 Å². The van der Waals surface area contributed by atoms with Crippen molar-refractivity contribution in [2.24, 2.45) is 0 Å². The maximum atomic E-state index is 14.1. The minimum absolute atomic E-state index is 0.103. The number of methoxy groups -OCH3 is 1. The lowest BCUT2D eigenvalue weighted by Gasteiger charge is -2.42. The second-order valence-electron chi connectivity index (χ2n) is 10.4. The third kappa shape index (κ3) is 4.74. The number of fused-ring (bicyclic) bond motifs is 1. The number of piperidine rings is 1. The minimum atomic E-state index is -0.853. The number of imide groups is 1. The van der Waals surface area contributed by atoms with Crippen LogP contribution in [0.3, 0.4) is 0 Å². The summed E-state index contributed by atoms with van der Waals surface area (Å²) in [6, 6.07) is 26.0. The first kappa shape index (κ1) is 25.1. The number of benzene rings is 3. The van der Waals surface area contributed by atoms with Gasteiger partial charge in [-0.3, -0.25) is 19.6 Å². The van der Waals surface area contributed by atoms with Gasteiger partial charge in [0.2, 0.25) is 0 Å². The molecule has 0 atom stereocenters. The van der Waals surface area contributed by atoms with Gasteiger partial charge in [-0.05, 0) is 64.6 Å². The molecule has 4 aromatic rings. The lowest BCUT2D eigenvalue weighted by molar-refractivity contribution is -0.136. The monoisotopic (exact) mass is 520 g/mol. The Kier molecular flexibility index (Phi) is 6.75. The third-order valence-corrected chi connectivity index (χ3v) is 8.14. The smallest absolute Gasteiger partial charge is 0.328 e. The highest BCUT2D eigenvalue weighted by Gasteiger charge is 2.57. The molecule has 2 saturated heterocycles. The fraction of sp³-hybridized carbons (Fsp3) is 0.281. The quantitative estimate of drug-likeness (QED) is 0.312. The number of urea groups is 1. The third-order valence-electron chi connectivity index (χ3n) is 8.14. The van der Waals surface area contributed by atoms with Crippen LogP contribution in [-0.4, -0.2) is 57.4 Å². The van der Waals surface area contributed by atoms with Crippen LogP contribution in [0.5, 0.6) is 5.75 Å². The first-order valence-electron chi connectivity index (χ1n) is 13.4. The summed E-state index contributed by atoms with van der Waals surface area (Å²) in [6.45, 7) is 2.90. The molecule has 2 fully saturated rings. The van der Waals surface area contributed by atoms with Crippen LogP contribution >= 0.6 is 0 Å². The summed E-state index contributed by atoms with van der Waals surface area (Å²) in [4.78, 5) is 37.7. The molecule has 0 unspecified atom stereocenters. The maximum Gasteiger partial charge on any atom is 0.328 e. The van der Waals surface area contributed by atoms with Gasteiger partial charge in [0.05, 0.1) is 13.7 Å². The van der Waals surface area contributed by atoms with Gasteiger partial charge in [0, 0.05) is 38.6 Å². The van der Waals surface area contributed by atoms with Crippen molar-refractivity contribution >= 4 is 22.7 Å². The molecular formula is C32H32N4O3. The highest BCUT2D eigenvalue weighted by molar-refractivity contribution is 6.07. The number of ether oxygens (including phenoxy) is 1. The number of carbonyl (C=O) groups is 2. The van der Waals surface area contributed by atoms with Crippen LogP contribution in [-0.2, 0) is 24.4 Å². The summed E-state index contributed by atoms with van der Waals surface area (Å²) in [5, 5.41) is 2.49. The Morgan fingerprint density at radius 2 is 1.56 bits per heavy atom. The molecule has 0 radical (unpaired) electrons. The van der Waals surface area contributed by atoms with Crippen molar-refractivity contribution in [1.29, 1.82) is 0 Å². The van der Waals surface area contributed by atoms with Crippen molar-refractivity contribution in [3.63, 3.8) is 0 Å². The molecule has 7 heteroatoms. The van der Waals surface area contributed by atoms with E-state index in [0.717, 1.165) is 30.8 Å². The zero-order valence-electron chi connectivity index (χ0n) is 22.1. The van der Waals surface area contributed by atoms with Crippen LogP contribution < -0.4 is 4.74 Å². The van der Waals surface area contributed by atoms with Crippen LogP contribution in [0, 0.1) is 0 Å². The molecule has 3 heterocycles. The molecule has 0 bridgehead atoms. The second kappa shape index (κ2) is 10.5. The van der Waals surface area contributed by atoms with Crippen LogP contribution in [0.4, 0.5) is 4.79 Å². The number of pyridine rings is 1. The van der Waals surface area contributed by atoms with Gasteiger partial charge in [0.1, 0.15) is 11.3 Å². The van der Waals surface area contributed by atoms with Crippen LogP contribution in [0.1, 0.15) is 29.5 Å². The lowest BCUT2D eigenvalue weighted by Crippen LogP contribution is -2.56. The maximum absolute atomic E-state index is 14.1. The standard InChI is InChI=1S/C32H32N4O3/c1-39-28-10-4-6-25(20-28)21-35-30(37)32(36(31(35)38)22-24-12-16-33-17-13-24)14-18-34(19-15-32)23-27-9-5-8-26-7-2-3-11-29(26)27/h2-13,16-17,20H,14-15,18-19,21-23H2,1H3. The summed E-state index contributed by atoms with van der Waals surface area (Å²) >= 11 is 0. The Bertz CT molecular complexity index is 1490. The van der Waals surface area contributed by atoms with E-state index in [1.54, 1.807) is 24.4 Å². The van der Waals surface area contributed by atoms with E-state index in [1.807, 2.05) is 36.4 Å². The molecule has 0 N–H and O–H groups in total. The van der Waals surface area contributed by atoms with Crippen molar-refractivity contribution in [1.82, 2.24) is 19.7 Å². The summed E-state index contributed by atoms with van der Waals surface area (Å²) in [6.07, 6.45) is 4.65.